The molecule has 0 aliphatic carbocycles. The van der Waals surface area contributed by atoms with Gasteiger partial charge in [-0.3, -0.25) is 5.32 Å². The lowest BCUT2D eigenvalue weighted by Gasteiger charge is -2.24. The predicted octanol–water partition coefficient (Wildman–Crippen LogP) is 3.31. The van der Waals surface area contributed by atoms with Crippen molar-refractivity contribution in [3.05, 3.63) is 65.7 Å². The standard InChI is InChI=1S/C18H20N2O/c1-18(14-19,20-13-15-8-4-3-5-9-15)12-16-10-6-7-11-17(16)21-2/h3-11,20H,12-13H2,1-2H3. The second-order valence-corrected chi connectivity index (χ2v) is 5.27. The van der Waals surface area contributed by atoms with Gasteiger partial charge in [-0.05, 0) is 24.1 Å². The molecule has 0 amide bonds. The molecule has 108 valence electrons. The number of rotatable bonds is 6. The second kappa shape index (κ2) is 6.92. The first-order chi connectivity index (χ1) is 10.2. The van der Waals surface area contributed by atoms with E-state index in [9.17, 15) is 5.26 Å². The van der Waals surface area contributed by atoms with Crippen molar-refractivity contribution in [2.75, 3.05) is 7.11 Å². The summed E-state index contributed by atoms with van der Waals surface area (Å²) in [6, 6.07) is 20.3. The van der Waals surface area contributed by atoms with Gasteiger partial charge in [-0.15, -0.1) is 0 Å². The van der Waals surface area contributed by atoms with Gasteiger partial charge in [-0.1, -0.05) is 48.5 Å². The fourth-order valence-electron chi connectivity index (χ4n) is 2.26. The first kappa shape index (κ1) is 15.1. The number of methoxy groups -OCH3 is 1. The lowest BCUT2D eigenvalue weighted by molar-refractivity contribution is 0.394. The van der Waals surface area contributed by atoms with Gasteiger partial charge in [-0.2, -0.15) is 5.26 Å². The topological polar surface area (TPSA) is 45.0 Å². The van der Waals surface area contributed by atoms with Gasteiger partial charge in [0.05, 0.1) is 13.2 Å². The first-order valence-corrected chi connectivity index (χ1v) is 6.99. The lowest BCUT2D eigenvalue weighted by atomic mass is 9.93. The Bertz CT molecular complexity index is 619. The van der Waals surface area contributed by atoms with E-state index < -0.39 is 5.54 Å². The number of hydrogen-bond acceptors (Lipinski definition) is 3. The molecule has 3 nitrogen and oxygen atoms in total. The van der Waals surface area contributed by atoms with Crippen LogP contribution in [0.15, 0.2) is 54.6 Å². The number of nitriles is 1. The average Bonchev–Trinajstić information content (AvgIpc) is 2.54. The third-order valence-electron chi connectivity index (χ3n) is 3.51. The Balaban J connectivity index is 2.09. The summed E-state index contributed by atoms with van der Waals surface area (Å²) >= 11 is 0. The number of benzene rings is 2. The molecule has 3 heteroatoms. The van der Waals surface area contributed by atoms with E-state index in [1.54, 1.807) is 7.11 Å². The number of nitrogens with zero attached hydrogens (tertiary/aromatic N) is 1. The summed E-state index contributed by atoms with van der Waals surface area (Å²) in [6.07, 6.45) is 0.598. The van der Waals surface area contributed by atoms with Gasteiger partial charge in [0.15, 0.2) is 0 Å². The van der Waals surface area contributed by atoms with Crippen LogP contribution in [-0.2, 0) is 13.0 Å². The molecule has 0 bridgehead atoms. The molecule has 0 saturated carbocycles. The van der Waals surface area contributed by atoms with Crippen LogP contribution in [0.4, 0.5) is 0 Å². The molecule has 2 rings (SSSR count). The molecule has 1 N–H and O–H groups in total. The summed E-state index contributed by atoms with van der Waals surface area (Å²) in [5.74, 6) is 0.820. The predicted molar refractivity (Wildman–Crippen MR) is 84.0 cm³/mol. The Hall–Kier alpha value is -2.31. The van der Waals surface area contributed by atoms with Crippen LogP contribution in [0, 0.1) is 11.3 Å². The minimum Gasteiger partial charge on any atom is -0.496 e. The number of para-hydroxylation sites is 1. The van der Waals surface area contributed by atoms with Crippen LogP contribution in [0.1, 0.15) is 18.1 Å². The molecule has 1 unspecified atom stereocenters. The lowest BCUT2D eigenvalue weighted by Crippen LogP contribution is -2.42. The van der Waals surface area contributed by atoms with Gasteiger partial charge in [-0.25, -0.2) is 0 Å². The van der Waals surface area contributed by atoms with E-state index >= 15 is 0 Å². The van der Waals surface area contributed by atoms with Gasteiger partial charge < -0.3 is 4.74 Å². The zero-order valence-electron chi connectivity index (χ0n) is 12.5. The van der Waals surface area contributed by atoms with Crippen molar-refractivity contribution in [2.24, 2.45) is 0 Å². The summed E-state index contributed by atoms with van der Waals surface area (Å²) in [5.41, 5.74) is 1.56. The fraction of sp³-hybridized carbons (Fsp3) is 0.278. The van der Waals surface area contributed by atoms with E-state index in [1.807, 2.05) is 61.5 Å². The maximum absolute atomic E-state index is 9.53. The zero-order chi connectivity index (χ0) is 15.1. The molecule has 0 fully saturated rings. The van der Waals surface area contributed by atoms with Gasteiger partial charge in [0, 0.05) is 13.0 Å². The van der Waals surface area contributed by atoms with Crippen LogP contribution in [0.5, 0.6) is 5.75 Å². The van der Waals surface area contributed by atoms with Crippen molar-refractivity contribution in [3.63, 3.8) is 0 Å². The fourth-order valence-corrected chi connectivity index (χ4v) is 2.26. The molecule has 2 aromatic rings. The van der Waals surface area contributed by atoms with Crippen LogP contribution >= 0.6 is 0 Å². The Kier molecular flexibility index (Phi) is 4.97. The number of nitrogens with one attached hydrogen (secondary N) is 1. The SMILES string of the molecule is COc1ccccc1CC(C)(C#N)NCc1ccccc1. The molecular weight excluding hydrogens is 260 g/mol. The normalized spacial score (nSPS) is 13.2. The largest absolute Gasteiger partial charge is 0.496 e. The van der Waals surface area contributed by atoms with E-state index in [-0.39, 0.29) is 0 Å². The molecule has 0 aromatic heterocycles. The van der Waals surface area contributed by atoms with E-state index in [0.717, 1.165) is 11.3 Å². The van der Waals surface area contributed by atoms with E-state index in [4.69, 9.17) is 4.74 Å². The van der Waals surface area contributed by atoms with E-state index in [1.165, 1.54) is 5.56 Å². The summed E-state index contributed by atoms with van der Waals surface area (Å²) < 4.78 is 5.36. The van der Waals surface area contributed by atoms with Crippen LogP contribution in [0.25, 0.3) is 0 Å². The van der Waals surface area contributed by atoms with E-state index in [2.05, 4.69) is 11.4 Å². The van der Waals surface area contributed by atoms with Crippen LogP contribution in [0.3, 0.4) is 0 Å². The van der Waals surface area contributed by atoms with Crippen molar-refractivity contribution in [3.8, 4) is 11.8 Å². The Labute approximate surface area is 126 Å². The highest BCUT2D eigenvalue weighted by molar-refractivity contribution is 5.36. The van der Waals surface area contributed by atoms with Crippen molar-refractivity contribution in [1.82, 2.24) is 5.32 Å². The van der Waals surface area contributed by atoms with Crippen molar-refractivity contribution < 1.29 is 4.74 Å². The van der Waals surface area contributed by atoms with Crippen LogP contribution < -0.4 is 10.1 Å². The molecule has 0 spiro atoms. The third-order valence-corrected chi connectivity index (χ3v) is 3.51. The van der Waals surface area contributed by atoms with Crippen LogP contribution in [0.2, 0.25) is 0 Å². The first-order valence-electron chi connectivity index (χ1n) is 6.99. The van der Waals surface area contributed by atoms with Gasteiger partial charge in [0.2, 0.25) is 0 Å². The molecule has 0 heterocycles. The molecule has 21 heavy (non-hydrogen) atoms. The summed E-state index contributed by atoms with van der Waals surface area (Å²) in [7, 11) is 1.65. The minimum atomic E-state index is -0.634. The molecule has 0 aliphatic rings. The molecule has 0 radical (unpaired) electrons. The zero-order valence-corrected chi connectivity index (χ0v) is 12.5. The maximum atomic E-state index is 9.53. The molecule has 1 atom stereocenters. The van der Waals surface area contributed by atoms with Gasteiger partial charge in [0.25, 0.3) is 0 Å². The van der Waals surface area contributed by atoms with Gasteiger partial charge in [0.1, 0.15) is 11.3 Å². The Morgan fingerprint density at radius 1 is 1.10 bits per heavy atom. The Morgan fingerprint density at radius 3 is 2.43 bits per heavy atom. The molecular formula is C18H20N2O. The van der Waals surface area contributed by atoms with Gasteiger partial charge >= 0.3 is 0 Å². The highest BCUT2D eigenvalue weighted by Crippen LogP contribution is 2.22. The molecule has 0 saturated heterocycles. The number of hydrogen-bond donors (Lipinski definition) is 1. The quantitative estimate of drug-likeness (QED) is 0.883. The summed E-state index contributed by atoms with van der Waals surface area (Å²) in [4.78, 5) is 0. The highest BCUT2D eigenvalue weighted by atomic mass is 16.5. The van der Waals surface area contributed by atoms with E-state index in [0.29, 0.717) is 13.0 Å². The maximum Gasteiger partial charge on any atom is 0.122 e. The summed E-state index contributed by atoms with van der Waals surface area (Å²) in [5, 5.41) is 12.9. The Morgan fingerprint density at radius 2 is 1.76 bits per heavy atom. The van der Waals surface area contributed by atoms with Crippen molar-refractivity contribution in [1.29, 1.82) is 5.26 Å². The molecule has 2 aromatic carbocycles. The average molecular weight is 280 g/mol. The van der Waals surface area contributed by atoms with Crippen molar-refractivity contribution in [2.45, 2.75) is 25.4 Å². The number of ether oxygens (including phenoxy) is 1. The third kappa shape index (κ3) is 4.08. The smallest absolute Gasteiger partial charge is 0.122 e. The minimum absolute atomic E-state index is 0.598. The second-order valence-electron chi connectivity index (χ2n) is 5.27. The highest BCUT2D eigenvalue weighted by Gasteiger charge is 2.25. The summed E-state index contributed by atoms with van der Waals surface area (Å²) in [6.45, 7) is 2.59. The van der Waals surface area contributed by atoms with Crippen LogP contribution in [-0.4, -0.2) is 12.6 Å². The molecule has 0 aliphatic heterocycles. The monoisotopic (exact) mass is 280 g/mol. The van der Waals surface area contributed by atoms with Crippen molar-refractivity contribution >= 4 is 0 Å².